The number of benzene rings is 1. The van der Waals surface area contributed by atoms with E-state index in [0.717, 1.165) is 12.1 Å². The number of ether oxygens (including phenoxy) is 1. The minimum atomic E-state index is -3.70. The highest BCUT2D eigenvalue weighted by atomic mass is 31.2. The second-order valence-electron chi connectivity index (χ2n) is 7.57. The number of nitrogens with zero attached hydrogens (tertiary/aromatic N) is 2. The van der Waals surface area contributed by atoms with E-state index in [2.05, 4.69) is 10.3 Å². The molecule has 0 saturated carbocycles. The molecule has 2 aliphatic heterocycles. The van der Waals surface area contributed by atoms with E-state index in [-0.39, 0.29) is 44.0 Å². The predicted octanol–water partition coefficient (Wildman–Crippen LogP) is 1.15. The number of carbonyl (C=O) groups is 1. The molecule has 166 valence electrons. The molecular formula is C19H21FN3O7P. The predicted molar refractivity (Wildman–Crippen MR) is 106 cm³/mol. The summed E-state index contributed by atoms with van der Waals surface area (Å²) in [5.41, 5.74) is -1.83. The minimum absolute atomic E-state index is 0.00234. The van der Waals surface area contributed by atoms with E-state index in [1.807, 2.05) is 0 Å². The van der Waals surface area contributed by atoms with Gasteiger partial charge in [-0.1, -0.05) is 6.07 Å². The summed E-state index contributed by atoms with van der Waals surface area (Å²) in [4.78, 5) is 29.5. The van der Waals surface area contributed by atoms with Crippen LogP contribution in [0, 0.1) is 5.82 Å². The SMILES string of the molecule is CC1(C)OCCn2c1nc(C(=O)NCc1ccc(F)cc1P1(=O)OCCO1)c(O)c2=O. The van der Waals surface area contributed by atoms with Crippen LogP contribution in [-0.2, 0) is 37.0 Å². The number of fused-ring (bicyclic) bond motifs is 1. The van der Waals surface area contributed by atoms with Gasteiger partial charge in [0.1, 0.15) is 17.2 Å². The van der Waals surface area contributed by atoms with Gasteiger partial charge in [0.2, 0.25) is 5.75 Å². The lowest BCUT2D eigenvalue weighted by Gasteiger charge is -2.32. The first kappa shape index (κ1) is 21.6. The van der Waals surface area contributed by atoms with Crippen LogP contribution in [0.5, 0.6) is 5.75 Å². The summed E-state index contributed by atoms with van der Waals surface area (Å²) in [7, 11) is -3.70. The first-order chi connectivity index (χ1) is 14.6. The van der Waals surface area contributed by atoms with E-state index in [9.17, 15) is 23.7 Å². The second kappa shape index (κ2) is 7.83. The van der Waals surface area contributed by atoms with Gasteiger partial charge in [-0.2, -0.15) is 0 Å². The maximum atomic E-state index is 13.8. The van der Waals surface area contributed by atoms with Crippen molar-refractivity contribution < 1.29 is 32.6 Å². The highest BCUT2D eigenvalue weighted by Crippen LogP contribution is 2.51. The summed E-state index contributed by atoms with van der Waals surface area (Å²) in [6.07, 6.45) is 0. The third kappa shape index (κ3) is 3.89. The van der Waals surface area contributed by atoms with E-state index in [4.69, 9.17) is 13.8 Å². The zero-order chi connectivity index (χ0) is 22.4. The van der Waals surface area contributed by atoms with Crippen LogP contribution in [0.3, 0.4) is 0 Å². The molecule has 2 aromatic rings. The Hall–Kier alpha value is -2.59. The topological polar surface area (TPSA) is 129 Å². The summed E-state index contributed by atoms with van der Waals surface area (Å²) in [6, 6.07) is 3.53. The molecule has 2 aliphatic rings. The van der Waals surface area contributed by atoms with Gasteiger partial charge >= 0.3 is 7.60 Å². The van der Waals surface area contributed by atoms with Crippen LogP contribution in [0.1, 0.15) is 35.7 Å². The summed E-state index contributed by atoms with van der Waals surface area (Å²) >= 11 is 0. The fraction of sp³-hybridized carbons (Fsp3) is 0.421. The molecular weight excluding hydrogens is 432 g/mol. The van der Waals surface area contributed by atoms with Crippen molar-refractivity contribution in [2.75, 3.05) is 19.8 Å². The second-order valence-corrected chi connectivity index (χ2v) is 9.56. The van der Waals surface area contributed by atoms with Gasteiger partial charge in [0.25, 0.3) is 11.5 Å². The maximum Gasteiger partial charge on any atom is 0.361 e. The van der Waals surface area contributed by atoms with Crippen molar-refractivity contribution in [2.24, 2.45) is 0 Å². The van der Waals surface area contributed by atoms with Gasteiger partial charge in [-0.25, -0.2) is 9.37 Å². The van der Waals surface area contributed by atoms with E-state index in [0.29, 0.717) is 5.56 Å². The first-order valence-electron chi connectivity index (χ1n) is 9.57. The molecule has 0 radical (unpaired) electrons. The summed E-state index contributed by atoms with van der Waals surface area (Å²) in [6.45, 7) is 3.89. The molecule has 0 spiro atoms. The molecule has 2 N–H and O–H groups in total. The van der Waals surface area contributed by atoms with Crippen LogP contribution in [0.15, 0.2) is 23.0 Å². The normalized spacial score (nSPS) is 19.1. The molecule has 1 amide bonds. The molecule has 1 aromatic carbocycles. The summed E-state index contributed by atoms with van der Waals surface area (Å²) in [5, 5.41) is 12.8. The third-order valence-electron chi connectivity index (χ3n) is 5.06. The molecule has 0 bridgehead atoms. The lowest BCUT2D eigenvalue weighted by Crippen LogP contribution is -2.42. The van der Waals surface area contributed by atoms with Crippen molar-refractivity contribution in [3.63, 3.8) is 0 Å². The van der Waals surface area contributed by atoms with Gasteiger partial charge in [-0.15, -0.1) is 0 Å². The maximum absolute atomic E-state index is 13.8. The number of carbonyl (C=O) groups excluding carboxylic acids is 1. The Morgan fingerprint density at radius 1 is 1.32 bits per heavy atom. The first-order valence-corrected chi connectivity index (χ1v) is 11.1. The smallest absolute Gasteiger partial charge is 0.361 e. The van der Waals surface area contributed by atoms with Gasteiger partial charge in [-0.3, -0.25) is 18.7 Å². The Kier molecular flexibility index (Phi) is 5.47. The Balaban J connectivity index is 1.63. The molecule has 1 fully saturated rings. The summed E-state index contributed by atoms with van der Waals surface area (Å²) in [5.74, 6) is -2.04. The molecule has 1 saturated heterocycles. The monoisotopic (exact) mass is 453 g/mol. The number of hydrogen-bond donors (Lipinski definition) is 2. The van der Waals surface area contributed by atoms with Gasteiger partial charge in [-0.05, 0) is 31.5 Å². The Morgan fingerprint density at radius 3 is 2.74 bits per heavy atom. The fourth-order valence-electron chi connectivity index (χ4n) is 3.52. The Bertz CT molecular complexity index is 1150. The number of rotatable bonds is 4. The number of nitrogens with one attached hydrogen (secondary N) is 1. The van der Waals surface area contributed by atoms with Gasteiger partial charge in [0, 0.05) is 6.54 Å². The van der Waals surface area contributed by atoms with Crippen molar-refractivity contribution in [2.45, 2.75) is 32.5 Å². The van der Waals surface area contributed by atoms with E-state index >= 15 is 0 Å². The quantitative estimate of drug-likeness (QED) is 0.660. The number of aromatic hydroxyl groups is 1. The van der Waals surface area contributed by atoms with Gasteiger partial charge < -0.3 is 24.2 Å². The molecule has 1 aromatic heterocycles. The molecule has 10 nitrogen and oxygen atoms in total. The van der Waals surface area contributed by atoms with Crippen LogP contribution >= 0.6 is 7.60 Å². The lowest BCUT2D eigenvalue weighted by molar-refractivity contribution is -0.0566. The van der Waals surface area contributed by atoms with Gasteiger partial charge in [0.05, 0.1) is 31.7 Å². The Morgan fingerprint density at radius 2 is 2.03 bits per heavy atom. The van der Waals surface area contributed by atoms with E-state index in [1.54, 1.807) is 13.8 Å². The standard InChI is InChI=1S/C19H21FN3O7P/c1-19(2)18-22-14(15(24)17(26)23(18)5-6-28-19)16(25)21-10-11-3-4-12(20)9-13(11)31(27)29-7-8-30-31/h3-4,9,24H,5-8,10H2,1-2H3,(H,21,25). The highest BCUT2D eigenvalue weighted by Gasteiger charge is 2.36. The van der Waals surface area contributed by atoms with Crippen molar-refractivity contribution >= 4 is 18.8 Å². The van der Waals surface area contributed by atoms with Crippen LogP contribution in [-0.4, -0.2) is 40.4 Å². The lowest BCUT2D eigenvalue weighted by atomic mass is 10.1. The highest BCUT2D eigenvalue weighted by molar-refractivity contribution is 7.62. The van der Waals surface area contributed by atoms with Crippen molar-refractivity contribution in [3.8, 4) is 5.75 Å². The molecule has 12 heteroatoms. The largest absolute Gasteiger partial charge is 0.501 e. The van der Waals surface area contributed by atoms with E-state index in [1.165, 1.54) is 10.6 Å². The summed E-state index contributed by atoms with van der Waals surface area (Å²) < 4.78 is 43.8. The molecule has 3 heterocycles. The third-order valence-corrected chi connectivity index (χ3v) is 7.12. The molecule has 0 atom stereocenters. The van der Waals surface area contributed by atoms with Gasteiger partial charge in [0.15, 0.2) is 5.69 Å². The van der Waals surface area contributed by atoms with E-state index < -0.39 is 41.9 Å². The average molecular weight is 453 g/mol. The zero-order valence-electron chi connectivity index (χ0n) is 16.9. The van der Waals surface area contributed by atoms with Crippen molar-refractivity contribution in [3.05, 3.63) is 51.5 Å². The van der Waals surface area contributed by atoms with Crippen LogP contribution in [0.4, 0.5) is 4.39 Å². The Labute approximate surface area is 176 Å². The van der Waals surface area contributed by atoms with Crippen molar-refractivity contribution in [1.82, 2.24) is 14.9 Å². The number of halogens is 1. The molecule has 4 rings (SSSR count). The zero-order valence-corrected chi connectivity index (χ0v) is 17.8. The average Bonchev–Trinajstić information content (AvgIpc) is 3.17. The number of hydrogen-bond acceptors (Lipinski definition) is 8. The van der Waals surface area contributed by atoms with Crippen LogP contribution < -0.4 is 16.2 Å². The number of aromatic nitrogens is 2. The fourth-order valence-corrected chi connectivity index (χ4v) is 5.29. The van der Waals surface area contributed by atoms with Crippen molar-refractivity contribution in [1.29, 1.82) is 0 Å². The molecule has 0 unspecified atom stereocenters. The van der Waals surface area contributed by atoms with Crippen LogP contribution in [0.2, 0.25) is 0 Å². The molecule has 0 aliphatic carbocycles. The minimum Gasteiger partial charge on any atom is -0.501 e. The molecule has 31 heavy (non-hydrogen) atoms. The van der Waals surface area contributed by atoms with Crippen LogP contribution in [0.25, 0.3) is 0 Å². The number of amides is 1.